The molecule has 3 nitrogen and oxygen atoms in total. The Bertz CT molecular complexity index is 148. The van der Waals surface area contributed by atoms with Crippen LogP contribution in [0.1, 0.15) is 46.0 Å². The third-order valence-corrected chi connectivity index (χ3v) is 2.41. The lowest BCUT2D eigenvalue weighted by Gasteiger charge is -2.11. The van der Waals surface area contributed by atoms with E-state index in [4.69, 9.17) is 5.11 Å². The fourth-order valence-electron chi connectivity index (χ4n) is 1.49. The van der Waals surface area contributed by atoms with Crippen LogP contribution in [0, 0.1) is 5.92 Å². The van der Waals surface area contributed by atoms with Crippen LogP contribution < -0.4 is 5.32 Å². The van der Waals surface area contributed by atoms with Crippen molar-refractivity contribution in [1.29, 1.82) is 0 Å². The molecular weight excluding hydrogens is 178 g/mol. The molecule has 2 N–H and O–H groups in total. The van der Waals surface area contributed by atoms with E-state index in [-0.39, 0.29) is 5.92 Å². The van der Waals surface area contributed by atoms with Crippen LogP contribution in [0.5, 0.6) is 0 Å². The molecule has 0 saturated heterocycles. The number of hydrogen-bond acceptors (Lipinski definition) is 2. The molecule has 0 aromatic heterocycles. The fraction of sp³-hybridized carbons (Fsp3) is 0.909. The Hall–Kier alpha value is -0.570. The molecule has 0 rings (SSSR count). The predicted octanol–water partition coefficient (Wildman–Crippen LogP) is 2.27. The minimum atomic E-state index is -0.630. The van der Waals surface area contributed by atoms with Crippen LogP contribution in [0.3, 0.4) is 0 Å². The molecule has 0 aliphatic heterocycles. The number of carboxylic acids is 1. The lowest BCUT2D eigenvalue weighted by molar-refractivity contribution is -0.142. The van der Waals surface area contributed by atoms with Crippen molar-refractivity contribution in [3.05, 3.63) is 0 Å². The first-order chi connectivity index (χ1) is 6.72. The quantitative estimate of drug-likeness (QED) is 0.563. The molecule has 0 amide bonds. The molecule has 0 spiro atoms. The molecule has 1 unspecified atom stereocenters. The van der Waals surface area contributed by atoms with Gasteiger partial charge in [0.05, 0.1) is 5.92 Å². The minimum absolute atomic E-state index is 0.131. The second-order valence-electron chi connectivity index (χ2n) is 3.67. The maximum absolute atomic E-state index is 10.8. The molecule has 0 aliphatic carbocycles. The van der Waals surface area contributed by atoms with Crippen molar-refractivity contribution in [2.75, 3.05) is 13.1 Å². The molecule has 0 aromatic carbocycles. The van der Waals surface area contributed by atoms with Crippen LogP contribution in [0.4, 0.5) is 0 Å². The summed E-state index contributed by atoms with van der Waals surface area (Å²) in [5.41, 5.74) is 0. The van der Waals surface area contributed by atoms with Gasteiger partial charge in [-0.3, -0.25) is 4.79 Å². The highest BCUT2D eigenvalue weighted by Gasteiger charge is 2.15. The summed E-state index contributed by atoms with van der Waals surface area (Å²) in [4.78, 5) is 10.8. The number of hydrogen-bond donors (Lipinski definition) is 2. The Labute approximate surface area is 86.9 Å². The molecule has 0 fully saturated rings. The molecule has 1 atom stereocenters. The molecule has 14 heavy (non-hydrogen) atoms. The normalized spacial score (nSPS) is 12.7. The Kier molecular flexibility index (Phi) is 8.64. The molecular formula is C11H23NO2. The lowest BCUT2D eigenvalue weighted by Crippen LogP contribution is -2.18. The molecule has 0 radical (unpaired) electrons. The van der Waals surface area contributed by atoms with Gasteiger partial charge in [0.2, 0.25) is 0 Å². The highest BCUT2D eigenvalue weighted by molar-refractivity contribution is 5.69. The standard InChI is InChI=1S/C11H23NO2/c1-3-5-7-10(11(13)14)8-6-9-12-4-2/h10,12H,3-9H2,1-2H3,(H,13,14). The summed E-state index contributed by atoms with van der Waals surface area (Å²) in [5.74, 6) is -0.761. The van der Waals surface area contributed by atoms with Crippen molar-refractivity contribution in [3.63, 3.8) is 0 Å². The molecule has 0 bridgehead atoms. The summed E-state index contributed by atoms with van der Waals surface area (Å²) in [5, 5.41) is 12.1. The maximum atomic E-state index is 10.8. The average molecular weight is 201 g/mol. The number of nitrogens with one attached hydrogen (secondary N) is 1. The van der Waals surface area contributed by atoms with Crippen molar-refractivity contribution in [1.82, 2.24) is 5.32 Å². The average Bonchev–Trinajstić information content (AvgIpc) is 2.16. The van der Waals surface area contributed by atoms with Gasteiger partial charge in [0.25, 0.3) is 0 Å². The van der Waals surface area contributed by atoms with E-state index < -0.39 is 5.97 Å². The zero-order valence-corrected chi connectivity index (χ0v) is 9.38. The molecule has 0 aliphatic rings. The summed E-state index contributed by atoms with van der Waals surface area (Å²) >= 11 is 0. The van der Waals surface area contributed by atoms with Crippen LogP contribution >= 0.6 is 0 Å². The van der Waals surface area contributed by atoms with Gasteiger partial charge in [0.1, 0.15) is 0 Å². The van der Waals surface area contributed by atoms with Gasteiger partial charge in [-0.1, -0.05) is 26.7 Å². The molecule has 3 heteroatoms. The van der Waals surface area contributed by atoms with Crippen molar-refractivity contribution < 1.29 is 9.90 Å². The Morgan fingerprint density at radius 2 is 1.93 bits per heavy atom. The summed E-state index contributed by atoms with van der Waals surface area (Å²) in [6.45, 7) is 6.06. The first-order valence-electron chi connectivity index (χ1n) is 5.65. The highest BCUT2D eigenvalue weighted by atomic mass is 16.4. The van der Waals surface area contributed by atoms with E-state index in [0.29, 0.717) is 0 Å². The number of unbranched alkanes of at least 4 members (excludes halogenated alkanes) is 1. The van der Waals surface area contributed by atoms with E-state index in [1.165, 1.54) is 0 Å². The minimum Gasteiger partial charge on any atom is -0.481 e. The highest BCUT2D eigenvalue weighted by Crippen LogP contribution is 2.14. The second kappa shape index (κ2) is 9.00. The van der Waals surface area contributed by atoms with Gasteiger partial charge < -0.3 is 10.4 Å². The van der Waals surface area contributed by atoms with Gasteiger partial charge in [-0.15, -0.1) is 0 Å². The van der Waals surface area contributed by atoms with E-state index in [1.807, 2.05) is 0 Å². The van der Waals surface area contributed by atoms with Crippen molar-refractivity contribution >= 4 is 5.97 Å². The maximum Gasteiger partial charge on any atom is 0.306 e. The van der Waals surface area contributed by atoms with E-state index in [1.54, 1.807) is 0 Å². The zero-order chi connectivity index (χ0) is 10.8. The van der Waals surface area contributed by atoms with E-state index in [0.717, 1.165) is 45.2 Å². The van der Waals surface area contributed by atoms with Gasteiger partial charge in [0.15, 0.2) is 0 Å². The molecule has 0 heterocycles. The zero-order valence-electron chi connectivity index (χ0n) is 9.38. The number of rotatable bonds is 9. The summed E-state index contributed by atoms with van der Waals surface area (Å²) < 4.78 is 0. The first kappa shape index (κ1) is 13.4. The van der Waals surface area contributed by atoms with Gasteiger partial charge in [-0.05, 0) is 32.4 Å². The second-order valence-corrected chi connectivity index (χ2v) is 3.67. The van der Waals surface area contributed by atoms with E-state index in [9.17, 15) is 4.79 Å². The van der Waals surface area contributed by atoms with Crippen LogP contribution in [0.2, 0.25) is 0 Å². The first-order valence-corrected chi connectivity index (χ1v) is 5.65. The summed E-state index contributed by atoms with van der Waals surface area (Å²) in [6, 6.07) is 0. The third kappa shape index (κ3) is 6.89. The Morgan fingerprint density at radius 3 is 2.43 bits per heavy atom. The van der Waals surface area contributed by atoms with Gasteiger partial charge in [-0.2, -0.15) is 0 Å². The largest absolute Gasteiger partial charge is 0.481 e. The van der Waals surface area contributed by atoms with Crippen LogP contribution in [0.25, 0.3) is 0 Å². The van der Waals surface area contributed by atoms with E-state index in [2.05, 4.69) is 19.2 Å². The van der Waals surface area contributed by atoms with E-state index >= 15 is 0 Å². The Balaban J connectivity index is 3.57. The van der Waals surface area contributed by atoms with Gasteiger partial charge in [0, 0.05) is 0 Å². The number of carbonyl (C=O) groups is 1. The number of aliphatic carboxylic acids is 1. The Morgan fingerprint density at radius 1 is 1.29 bits per heavy atom. The topological polar surface area (TPSA) is 49.3 Å². The monoisotopic (exact) mass is 201 g/mol. The molecule has 0 aromatic rings. The molecule has 84 valence electrons. The smallest absolute Gasteiger partial charge is 0.306 e. The summed E-state index contributed by atoms with van der Waals surface area (Å²) in [7, 11) is 0. The van der Waals surface area contributed by atoms with Gasteiger partial charge in [-0.25, -0.2) is 0 Å². The summed E-state index contributed by atoms with van der Waals surface area (Å²) in [6.07, 6.45) is 4.71. The van der Waals surface area contributed by atoms with Gasteiger partial charge >= 0.3 is 5.97 Å². The van der Waals surface area contributed by atoms with Crippen molar-refractivity contribution in [2.45, 2.75) is 46.0 Å². The third-order valence-electron chi connectivity index (χ3n) is 2.41. The SMILES string of the molecule is CCCCC(CCCNCC)C(=O)O. The van der Waals surface area contributed by atoms with Crippen molar-refractivity contribution in [3.8, 4) is 0 Å². The predicted molar refractivity (Wildman–Crippen MR) is 58.4 cm³/mol. The van der Waals surface area contributed by atoms with Crippen LogP contribution in [-0.2, 0) is 4.79 Å². The number of carboxylic acid groups (broad SMARTS) is 1. The van der Waals surface area contributed by atoms with Crippen LogP contribution in [-0.4, -0.2) is 24.2 Å². The van der Waals surface area contributed by atoms with Crippen molar-refractivity contribution in [2.24, 2.45) is 5.92 Å². The fourth-order valence-corrected chi connectivity index (χ4v) is 1.49. The lowest BCUT2D eigenvalue weighted by atomic mass is 9.97. The van der Waals surface area contributed by atoms with Crippen LogP contribution in [0.15, 0.2) is 0 Å². The molecule has 0 saturated carbocycles.